The van der Waals surface area contributed by atoms with Gasteiger partial charge in [0.1, 0.15) is 5.60 Å². The van der Waals surface area contributed by atoms with Crippen molar-refractivity contribution < 1.29 is 5.11 Å². The van der Waals surface area contributed by atoms with Gasteiger partial charge in [0.15, 0.2) is 5.65 Å². The molecule has 2 rings (SSSR count). The lowest BCUT2D eigenvalue weighted by molar-refractivity contribution is 0.143. The number of thiazole rings is 1. The van der Waals surface area contributed by atoms with Gasteiger partial charge in [0.25, 0.3) is 0 Å². The van der Waals surface area contributed by atoms with Crippen molar-refractivity contribution in [1.82, 2.24) is 15.0 Å². The van der Waals surface area contributed by atoms with Crippen molar-refractivity contribution in [2.75, 3.05) is 0 Å². The van der Waals surface area contributed by atoms with Crippen molar-refractivity contribution in [2.24, 2.45) is 0 Å². The second-order valence-electron chi connectivity index (χ2n) is 3.54. The Morgan fingerprint density at radius 3 is 2.93 bits per heavy atom. The van der Waals surface area contributed by atoms with Crippen LogP contribution < -0.4 is 0 Å². The van der Waals surface area contributed by atoms with Crippen LogP contribution in [0.3, 0.4) is 0 Å². The van der Waals surface area contributed by atoms with E-state index in [0.717, 1.165) is 4.70 Å². The van der Waals surface area contributed by atoms with Crippen LogP contribution in [0.4, 0.5) is 0 Å². The Morgan fingerprint density at radius 2 is 2.20 bits per heavy atom. The summed E-state index contributed by atoms with van der Waals surface area (Å²) in [6.07, 6.45) is 1.69. The molecule has 0 amide bonds. The van der Waals surface area contributed by atoms with Gasteiger partial charge in [-0.05, 0) is 19.8 Å². The Labute approximate surface area is 91.0 Å². The minimum absolute atomic E-state index is 0.385. The van der Waals surface area contributed by atoms with Crippen LogP contribution in [-0.2, 0) is 0 Å². The first kappa shape index (κ1) is 10.0. The van der Waals surface area contributed by atoms with Gasteiger partial charge >= 0.3 is 0 Å². The fraction of sp³-hybridized carbons (Fsp3) is 0.300. The molecule has 2 aromatic heterocycles. The van der Waals surface area contributed by atoms with E-state index in [1.165, 1.54) is 11.3 Å². The van der Waals surface area contributed by atoms with Gasteiger partial charge in [-0.15, -0.1) is 11.3 Å². The predicted molar refractivity (Wildman–Crippen MR) is 58.4 cm³/mol. The molecule has 0 spiro atoms. The molecule has 2 aromatic rings. The average molecular weight is 219 g/mol. The first-order valence-electron chi connectivity index (χ1n) is 4.36. The lowest BCUT2D eigenvalue weighted by atomic mass is 10.1. The molecule has 0 aliphatic heterocycles. The van der Waals surface area contributed by atoms with Crippen LogP contribution in [0.5, 0.6) is 0 Å². The SMILES string of the molecule is CC(C)(O)C#Cc1ncc2scnc2n1. The van der Waals surface area contributed by atoms with Crippen molar-refractivity contribution in [3.63, 3.8) is 0 Å². The molecule has 1 N–H and O–H groups in total. The molecule has 5 heteroatoms. The number of nitrogens with zero attached hydrogens (tertiary/aromatic N) is 3. The molecule has 0 aliphatic carbocycles. The van der Waals surface area contributed by atoms with Crippen LogP contribution in [0.15, 0.2) is 11.7 Å². The van der Waals surface area contributed by atoms with E-state index in [9.17, 15) is 5.11 Å². The van der Waals surface area contributed by atoms with E-state index in [-0.39, 0.29) is 0 Å². The highest BCUT2D eigenvalue weighted by Crippen LogP contribution is 2.13. The van der Waals surface area contributed by atoms with E-state index in [4.69, 9.17) is 0 Å². The second kappa shape index (κ2) is 3.57. The highest BCUT2D eigenvalue weighted by atomic mass is 32.1. The minimum Gasteiger partial charge on any atom is -0.378 e. The summed E-state index contributed by atoms with van der Waals surface area (Å²) in [6, 6.07) is 0. The summed E-state index contributed by atoms with van der Waals surface area (Å²) in [5.41, 5.74) is 1.34. The first-order chi connectivity index (χ1) is 7.04. The number of hydrogen-bond donors (Lipinski definition) is 1. The van der Waals surface area contributed by atoms with E-state index in [2.05, 4.69) is 26.8 Å². The monoisotopic (exact) mass is 219 g/mol. The first-order valence-corrected chi connectivity index (χ1v) is 5.24. The second-order valence-corrected chi connectivity index (χ2v) is 4.43. The molecule has 0 saturated heterocycles. The quantitative estimate of drug-likeness (QED) is 0.676. The molecule has 2 heterocycles. The third-order valence-corrected chi connectivity index (χ3v) is 2.32. The molecule has 0 aliphatic rings. The molecule has 15 heavy (non-hydrogen) atoms. The van der Waals surface area contributed by atoms with Gasteiger partial charge in [0.05, 0.1) is 16.4 Å². The van der Waals surface area contributed by atoms with Crippen LogP contribution in [0.25, 0.3) is 10.3 Å². The lowest BCUT2D eigenvalue weighted by Gasteiger charge is -2.05. The van der Waals surface area contributed by atoms with Gasteiger partial charge in [-0.1, -0.05) is 5.92 Å². The maximum absolute atomic E-state index is 9.41. The number of rotatable bonds is 0. The summed E-state index contributed by atoms with van der Waals surface area (Å²) in [7, 11) is 0. The van der Waals surface area contributed by atoms with Crippen LogP contribution in [0, 0.1) is 11.8 Å². The van der Waals surface area contributed by atoms with Gasteiger partial charge in [-0.2, -0.15) is 4.98 Å². The predicted octanol–water partition coefficient (Wildman–Crippen LogP) is 1.21. The minimum atomic E-state index is -1.03. The zero-order valence-electron chi connectivity index (χ0n) is 8.35. The van der Waals surface area contributed by atoms with Crippen LogP contribution in [0.2, 0.25) is 0 Å². The lowest BCUT2D eigenvalue weighted by Crippen LogP contribution is -2.14. The maximum Gasteiger partial charge on any atom is 0.207 e. The Kier molecular flexibility index (Phi) is 2.39. The summed E-state index contributed by atoms with van der Waals surface area (Å²) >= 11 is 1.49. The molecule has 0 saturated carbocycles. The number of hydrogen-bond acceptors (Lipinski definition) is 5. The molecule has 0 aromatic carbocycles. The summed E-state index contributed by atoms with van der Waals surface area (Å²) in [6.45, 7) is 3.22. The van der Waals surface area contributed by atoms with E-state index in [0.29, 0.717) is 11.5 Å². The topological polar surface area (TPSA) is 58.9 Å². The standard InChI is InChI=1S/C10H9N3OS/c1-10(2,14)4-3-8-11-5-7-9(13-8)12-6-15-7/h5-6,14H,1-2H3. The van der Waals surface area contributed by atoms with Crippen molar-refractivity contribution in [2.45, 2.75) is 19.4 Å². The van der Waals surface area contributed by atoms with Crippen LogP contribution >= 0.6 is 11.3 Å². The summed E-state index contributed by atoms with van der Waals surface area (Å²) in [5.74, 6) is 5.74. The summed E-state index contributed by atoms with van der Waals surface area (Å²) < 4.78 is 0.934. The molecular weight excluding hydrogens is 210 g/mol. The highest BCUT2D eigenvalue weighted by molar-refractivity contribution is 7.16. The fourth-order valence-corrected chi connectivity index (χ4v) is 1.52. The van der Waals surface area contributed by atoms with E-state index in [1.54, 1.807) is 25.6 Å². The molecule has 0 bridgehead atoms. The largest absolute Gasteiger partial charge is 0.378 e. The molecule has 0 fully saturated rings. The fourth-order valence-electron chi connectivity index (χ4n) is 0.940. The zero-order valence-corrected chi connectivity index (χ0v) is 9.17. The summed E-state index contributed by atoms with van der Waals surface area (Å²) in [4.78, 5) is 12.3. The molecule has 0 atom stereocenters. The van der Waals surface area contributed by atoms with E-state index >= 15 is 0 Å². The Balaban J connectivity index is 2.39. The van der Waals surface area contributed by atoms with Crippen molar-refractivity contribution in [3.05, 3.63) is 17.5 Å². The Hall–Kier alpha value is -1.51. The molecule has 4 nitrogen and oxygen atoms in total. The van der Waals surface area contributed by atoms with E-state index in [1.807, 2.05) is 0 Å². The van der Waals surface area contributed by atoms with Gasteiger partial charge in [-0.25, -0.2) is 9.97 Å². The normalized spacial score (nSPS) is 11.1. The Morgan fingerprint density at radius 1 is 1.40 bits per heavy atom. The molecule has 0 radical (unpaired) electrons. The summed E-state index contributed by atoms with van der Waals surface area (Å²) in [5, 5.41) is 9.41. The number of fused-ring (bicyclic) bond motifs is 1. The van der Waals surface area contributed by atoms with Gasteiger partial charge in [-0.3, -0.25) is 0 Å². The molecule has 0 unspecified atom stereocenters. The number of aromatic nitrogens is 3. The highest BCUT2D eigenvalue weighted by Gasteiger charge is 2.06. The zero-order chi connectivity index (χ0) is 10.9. The Bertz CT molecular complexity index is 545. The average Bonchev–Trinajstić information content (AvgIpc) is 2.60. The van der Waals surface area contributed by atoms with Crippen molar-refractivity contribution >= 4 is 21.7 Å². The smallest absolute Gasteiger partial charge is 0.207 e. The van der Waals surface area contributed by atoms with Gasteiger partial charge in [0, 0.05) is 0 Å². The third kappa shape index (κ3) is 2.49. The third-order valence-electron chi connectivity index (χ3n) is 1.57. The van der Waals surface area contributed by atoms with Gasteiger partial charge < -0.3 is 5.11 Å². The number of aliphatic hydroxyl groups is 1. The van der Waals surface area contributed by atoms with Crippen LogP contribution in [-0.4, -0.2) is 25.7 Å². The van der Waals surface area contributed by atoms with Crippen molar-refractivity contribution in [3.8, 4) is 11.8 Å². The van der Waals surface area contributed by atoms with Crippen molar-refractivity contribution in [1.29, 1.82) is 0 Å². The van der Waals surface area contributed by atoms with Gasteiger partial charge in [0.2, 0.25) is 5.82 Å². The van der Waals surface area contributed by atoms with Crippen LogP contribution in [0.1, 0.15) is 19.7 Å². The van der Waals surface area contributed by atoms with E-state index < -0.39 is 5.60 Å². The molecular formula is C10H9N3OS. The molecule has 76 valence electrons. The maximum atomic E-state index is 9.41.